The molecule has 9 heteroatoms. The van der Waals surface area contributed by atoms with Crippen LogP contribution < -0.4 is 10.6 Å². The largest absolute Gasteiger partial charge is 0.466 e. The van der Waals surface area contributed by atoms with Crippen molar-refractivity contribution < 1.29 is 23.9 Å². The number of methoxy groups -OCH3 is 2. The second-order valence-electron chi connectivity index (χ2n) is 6.04. The van der Waals surface area contributed by atoms with Crippen molar-refractivity contribution in [3.05, 3.63) is 23.4 Å². The molecule has 0 aliphatic carbocycles. The number of rotatable bonds is 7. The molecule has 0 atom stereocenters. The highest BCUT2D eigenvalue weighted by molar-refractivity contribution is 6.00. The van der Waals surface area contributed by atoms with Gasteiger partial charge in [0.1, 0.15) is 0 Å². The van der Waals surface area contributed by atoms with Crippen molar-refractivity contribution in [3.8, 4) is 0 Å². The van der Waals surface area contributed by atoms with E-state index in [1.165, 1.54) is 14.2 Å². The molecule has 2 aliphatic heterocycles. The lowest BCUT2D eigenvalue weighted by molar-refractivity contribution is -0.136. The number of urea groups is 2. The molecular weight excluding hydrogens is 340 g/mol. The molecule has 0 aromatic carbocycles. The van der Waals surface area contributed by atoms with E-state index in [0.29, 0.717) is 12.2 Å². The highest BCUT2D eigenvalue weighted by Crippen LogP contribution is 2.14. The molecule has 4 amide bonds. The molecule has 2 N–H and O–H groups in total. The van der Waals surface area contributed by atoms with Crippen LogP contribution in [0.1, 0.15) is 12.8 Å². The Hall–Kier alpha value is -2.39. The van der Waals surface area contributed by atoms with Gasteiger partial charge in [-0.25, -0.2) is 19.3 Å². The number of hydrogen-bond acceptors (Lipinski definition) is 6. The summed E-state index contributed by atoms with van der Waals surface area (Å²) in [6.07, 6.45) is 6.13. The van der Waals surface area contributed by atoms with Crippen LogP contribution >= 0.6 is 0 Å². The predicted molar refractivity (Wildman–Crippen MR) is 94.4 cm³/mol. The number of esters is 1. The minimum absolute atomic E-state index is 0.0515. The first kappa shape index (κ1) is 19.9. The lowest BCUT2D eigenvalue weighted by Crippen LogP contribution is -2.54. The molecule has 0 fully saturated rings. The second-order valence-corrected chi connectivity index (χ2v) is 6.04. The highest BCUT2D eigenvalue weighted by atomic mass is 16.5. The van der Waals surface area contributed by atoms with Gasteiger partial charge in [0.15, 0.2) is 0 Å². The van der Waals surface area contributed by atoms with Crippen LogP contribution in [0.3, 0.4) is 0 Å². The van der Waals surface area contributed by atoms with E-state index in [1.54, 1.807) is 0 Å². The van der Waals surface area contributed by atoms with Crippen LogP contribution in [-0.2, 0) is 14.3 Å². The maximum absolute atomic E-state index is 12.3. The van der Waals surface area contributed by atoms with Gasteiger partial charge in [0.2, 0.25) is 0 Å². The van der Waals surface area contributed by atoms with E-state index in [-0.39, 0.29) is 18.7 Å². The summed E-state index contributed by atoms with van der Waals surface area (Å²) in [6, 6.07) is -1.14. The summed E-state index contributed by atoms with van der Waals surface area (Å²) in [7, 11) is 2.70. The average Bonchev–Trinajstić information content (AvgIpc) is 2.65. The average molecular weight is 366 g/mol. The Kier molecular flexibility index (Phi) is 7.61. The molecule has 2 aliphatic rings. The van der Waals surface area contributed by atoms with Gasteiger partial charge in [-0.15, -0.1) is 0 Å². The Morgan fingerprint density at radius 3 is 2.77 bits per heavy atom. The Labute approximate surface area is 153 Å². The number of imide groups is 1. The predicted octanol–water partition coefficient (Wildman–Crippen LogP) is 0.447. The fourth-order valence-corrected chi connectivity index (χ4v) is 2.83. The number of carbonyl (C=O) groups is 3. The third kappa shape index (κ3) is 5.30. The number of hydrogen-bond donors (Lipinski definition) is 2. The Morgan fingerprint density at radius 2 is 2.12 bits per heavy atom. The molecular formula is C17H26N4O5. The van der Waals surface area contributed by atoms with Crippen LogP contribution in [0.15, 0.2) is 23.4 Å². The van der Waals surface area contributed by atoms with Crippen LogP contribution in [0.4, 0.5) is 9.59 Å². The molecule has 144 valence electrons. The van der Waals surface area contributed by atoms with Crippen LogP contribution in [0.25, 0.3) is 0 Å². The van der Waals surface area contributed by atoms with Crippen LogP contribution in [-0.4, -0.2) is 81.4 Å². The van der Waals surface area contributed by atoms with Crippen LogP contribution in [0, 0.1) is 0 Å². The van der Waals surface area contributed by atoms with Crippen LogP contribution in [0.2, 0.25) is 0 Å². The zero-order valence-corrected chi connectivity index (χ0v) is 15.2. The molecule has 26 heavy (non-hydrogen) atoms. The first-order valence-corrected chi connectivity index (χ1v) is 8.59. The van der Waals surface area contributed by atoms with Crippen molar-refractivity contribution in [1.82, 2.24) is 20.4 Å². The number of carbonyl (C=O) groups excluding carboxylic acids is 3. The zero-order valence-electron chi connectivity index (χ0n) is 15.2. The molecule has 0 bridgehead atoms. The van der Waals surface area contributed by atoms with E-state index < -0.39 is 18.0 Å². The highest BCUT2D eigenvalue weighted by Gasteiger charge is 2.32. The molecule has 2 heterocycles. The van der Waals surface area contributed by atoms with Gasteiger partial charge >= 0.3 is 18.0 Å². The summed E-state index contributed by atoms with van der Waals surface area (Å²) in [5.74, 6) is -0.604. The summed E-state index contributed by atoms with van der Waals surface area (Å²) >= 11 is 0. The number of nitrogens with zero attached hydrogens (tertiary/aromatic N) is 2. The number of ether oxygens (including phenoxy) is 2. The monoisotopic (exact) mass is 366 g/mol. The first-order valence-electron chi connectivity index (χ1n) is 8.59. The fraction of sp³-hybridized carbons (Fsp3) is 0.588. The molecule has 0 aromatic rings. The molecule has 0 saturated carbocycles. The van der Waals surface area contributed by atoms with Crippen molar-refractivity contribution in [2.75, 3.05) is 53.6 Å². The van der Waals surface area contributed by atoms with E-state index in [0.717, 1.165) is 37.4 Å². The Bertz CT molecular complexity index is 602. The standard InChI is InChI=1S/C17H26N4O5/c1-25-12-14-13(15(22)26-2)11-21(17(24)19-14)16(23)18-7-6-10-20-8-4-3-5-9-20/h3-4H,5-12H2,1-2H3,(H,18,23)(H,19,24). The van der Waals surface area contributed by atoms with Gasteiger partial charge in [0.05, 0.1) is 31.5 Å². The van der Waals surface area contributed by atoms with Gasteiger partial charge in [0, 0.05) is 33.3 Å². The lowest BCUT2D eigenvalue weighted by atomic mass is 10.1. The van der Waals surface area contributed by atoms with Gasteiger partial charge in [-0.3, -0.25) is 4.90 Å². The van der Waals surface area contributed by atoms with Gasteiger partial charge in [-0.1, -0.05) is 12.2 Å². The molecule has 0 saturated heterocycles. The van der Waals surface area contributed by atoms with Crippen molar-refractivity contribution in [2.45, 2.75) is 12.8 Å². The second kappa shape index (κ2) is 9.93. The Morgan fingerprint density at radius 1 is 1.31 bits per heavy atom. The topological polar surface area (TPSA) is 100 Å². The third-order valence-corrected chi connectivity index (χ3v) is 4.22. The maximum Gasteiger partial charge on any atom is 0.337 e. The minimum Gasteiger partial charge on any atom is -0.466 e. The quantitative estimate of drug-likeness (QED) is 0.385. The zero-order chi connectivity index (χ0) is 18.9. The molecule has 2 rings (SSSR count). The van der Waals surface area contributed by atoms with E-state index in [9.17, 15) is 14.4 Å². The van der Waals surface area contributed by atoms with Crippen molar-refractivity contribution in [1.29, 1.82) is 0 Å². The molecule has 0 aromatic heterocycles. The van der Waals surface area contributed by atoms with Gasteiger partial charge in [-0.2, -0.15) is 0 Å². The van der Waals surface area contributed by atoms with Gasteiger partial charge < -0.3 is 20.1 Å². The van der Waals surface area contributed by atoms with Crippen molar-refractivity contribution in [3.63, 3.8) is 0 Å². The summed E-state index contributed by atoms with van der Waals surface area (Å²) in [4.78, 5) is 39.6. The summed E-state index contributed by atoms with van der Waals surface area (Å²) in [6.45, 7) is 3.18. The normalized spacial score (nSPS) is 17.9. The number of nitrogens with one attached hydrogen (secondary N) is 2. The van der Waals surface area contributed by atoms with E-state index >= 15 is 0 Å². The van der Waals surface area contributed by atoms with E-state index in [4.69, 9.17) is 9.47 Å². The third-order valence-electron chi connectivity index (χ3n) is 4.22. The molecule has 0 radical (unpaired) electrons. The summed E-state index contributed by atoms with van der Waals surface area (Å²) < 4.78 is 9.70. The minimum atomic E-state index is -0.604. The van der Waals surface area contributed by atoms with Crippen molar-refractivity contribution in [2.24, 2.45) is 0 Å². The lowest BCUT2D eigenvalue weighted by Gasteiger charge is -2.29. The van der Waals surface area contributed by atoms with Gasteiger partial charge in [0.25, 0.3) is 0 Å². The smallest absolute Gasteiger partial charge is 0.337 e. The van der Waals surface area contributed by atoms with E-state index in [1.807, 2.05) is 0 Å². The SMILES string of the molecule is COCC1=C(C(=O)OC)CN(C(=O)NCCCN2CC=CCC2)C(=O)N1. The summed E-state index contributed by atoms with van der Waals surface area (Å²) in [5.41, 5.74) is 0.510. The first-order chi connectivity index (χ1) is 12.6. The summed E-state index contributed by atoms with van der Waals surface area (Å²) in [5, 5.41) is 5.24. The number of amides is 4. The van der Waals surface area contributed by atoms with E-state index in [2.05, 4.69) is 27.7 Å². The maximum atomic E-state index is 12.3. The van der Waals surface area contributed by atoms with Crippen molar-refractivity contribution >= 4 is 18.0 Å². The van der Waals surface area contributed by atoms with Crippen LogP contribution in [0.5, 0.6) is 0 Å². The fourth-order valence-electron chi connectivity index (χ4n) is 2.83. The molecule has 0 spiro atoms. The van der Waals surface area contributed by atoms with Gasteiger partial charge in [-0.05, 0) is 12.8 Å². The molecule has 9 nitrogen and oxygen atoms in total. The molecule has 0 unspecified atom stereocenters. The Balaban J connectivity index is 1.86.